The molecule has 0 aliphatic carbocycles. The lowest BCUT2D eigenvalue weighted by Gasteiger charge is -2.46. The van der Waals surface area contributed by atoms with E-state index in [2.05, 4.69) is 101 Å². The van der Waals surface area contributed by atoms with Crippen molar-refractivity contribution in [1.82, 2.24) is 4.98 Å². The Labute approximate surface area is 485 Å². The summed E-state index contributed by atoms with van der Waals surface area (Å²) in [5.74, 6) is 1.57. The van der Waals surface area contributed by atoms with Crippen LogP contribution in [0.4, 0.5) is 105 Å². The predicted molar refractivity (Wildman–Crippen MR) is 279 cm³/mol. The molecule has 89 heavy (non-hydrogen) atoms. The summed E-state index contributed by atoms with van der Waals surface area (Å²) in [4.78, 5) is 4.35. The summed E-state index contributed by atoms with van der Waals surface area (Å²) in [6, 6.07) is 25.1. The normalized spacial score (nSPS) is 13.2. The average molecular weight is 1280 g/mol. The van der Waals surface area contributed by atoms with Crippen molar-refractivity contribution in [2.24, 2.45) is 0 Å². The lowest BCUT2D eigenvalue weighted by Crippen LogP contribution is -2.75. The molecular weight excluding hydrogens is 1240 g/mol. The van der Waals surface area contributed by atoms with Crippen LogP contribution in [-0.2, 0) is 56.0 Å². The van der Waals surface area contributed by atoms with E-state index >= 15 is 0 Å². The van der Waals surface area contributed by atoms with Crippen LogP contribution in [0.5, 0.6) is 11.6 Å². The van der Waals surface area contributed by atoms with Gasteiger partial charge in [-0.25, -0.2) is 4.98 Å². The number of ether oxygens (including phenoxy) is 1. The first-order valence-corrected chi connectivity index (χ1v) is 25.4. The van der Waals surface area contributed by atoms with Crippen molar-refractivity contribution < 1.29 is 115 Å². The fraction of sp³-hybridized carbons (Fsp3) is 0.148. The summed E-state index contributed by atoms with van der Waals surface area (Å²) in [7, 11) is 0. The SMILES string of the molecule is FC(F)(F)c1cc([B-](c2cc(C(F)(F)F)cc(C(F)(F)F)c2)(c2cc(C(F)(F)F)cc(C(F)(F)F)c2)c2cc(C(F)(F)F)cc(C(F)(F)F)c2)cc(C(F)(F)F)c1.c1ccc(C[n+]2ccncc2Oc2c3ccccc3cc3cc4ccccc4cc23)cc1. The number of halogens is 24. The molecule has 0 amide bonds. The molecule has 0 aliphatic rings. The number of aromatic nitrogens is 2. The molecule has 0 saturated carbocycles. The van der Waals surface area contributed by atoms with Crippen LogP contribution in [0.1, 0.15) is 50.1 Å². The summed E-state index contributed by atoms with van der Waals surface area (Å²) in [6.07, 6.45) is -49.3. The van der Waals surface area contributed by atoms with Gasteiger partial charge >= 0.3 is 55.3 Å². The van der Waals surface area contributed by atoms with E-state index in [4.69, 9.17) is 4.74 Å². The van der Waals surface area contributed by atoms with E-state index in [1.165, 1.54) is 16.3 Å². The molecule has 0 bridgehead atoms. The van der Waals surface area contributed by atoms with Crippen LogP contribution in [0.25, 0.3) is 32.3 Å². The molecule has 0 radical (unpaired) electrons. The van der Waals surface area contributed by atoms with E-state index in [0.717, 1.165) is 27.3 Å². The van der Waals surface area contributed by atoms with E-state index in [9.17, 15) is 105 Å². The molecule has 0 N–H and O–H groups in total. The molecule has 3 nitrogen and oxygen atoms in total. The number of benzene rings is 9. The molecule has 0 spiro atoms. The van der Waals surface area contributed by atoms with E-state index in [1.807, 2.05) is 12.3 Å². The van der Waals surface area contributed by atoms with Gasteiger partial charge in [0.05, 0.1) is 50.7 Å². The number of fused-ring (bicyclic) bond motifs is 3. The fourth-order valence-electron chi connectivity index (χ4n) is 10.4. The second-order valence-corrected chi connectivity index (χ2v) is 20.2. The Hall–Kier alpha value is -8.98. The lowest BCUT2D eigenvalue weighted by molar-refractivity contribution is -0.692. The summed E-state index contributed by atoms with van der Waals surface area (Å²) in [5, 5.41) is 6.92. The molecule has 28 heteroatoms. The minimum absolute atomic E-state index is 0.691. The van der Waals surface area contributed by atoms with Crippen LogP contribution in [0.3, 0.4) is 0 Å². The Morgan fingerprint density at radius 1 is 0.326 bits per heavy atom. The highest BCUT2D eigenvalue weighted by molar-refractivity contribution is 7.20. The second kappa shape index (κ2) is 22.9. The van der Waals surface area contributed by atoms with Gasteiger partial charge in [-0.1, -0.05) is 127 Å². The van der Waals surface area contributed by atoms with Crippen molar-refractivity contribution in [2.75, 3.05) is 0 Å². The van der Waals surface area contributed by atoms with Gasteiger partial charge < -0.3 is 4.74 Å². The smallest absolute Gasteiger partial charge is 0.403 e. The van der Waals surface area contributed by atoms with Crippen molar-refractivity contribution >= 4 is 60.3 Å². The van der Waals surface area contributed by atoms with Gasteiger partial charge in [0.2, 0.25) is 0 Å². The van der Waals surface area contributed by atoms with Crippen molar-refractivity contribution in [2.45, 2.75) is 56.0 Å². The third-order valence-electron chi connectivity index (χ3n) is 14.3. The van der Waals surface area contributed by atoms with Crippen LogP contribution < -0.4 is 31.2 Å². The molecule has 1 heterocycles. The van der Waals surface area contributed by atoms with E-state index in [0.29, 0.717) is 12.4 Å². The molecule has 0 saturated heterocycles. The molecule has 10 rings (SSSR count). The number of hydrogen-bond donors (Lipinski definition) is 0. The maximum atomic E-state index is 14.2. The molecule has 0 atom stereocenters. The molecule has 464 valence electrons. The van der Waals surface area contributed by atoms with Gasteiger partial charge in [0.1, 0.15) is 18.1 Å². The third-order valence-corrected chi connectivity index (χ3v) is 14.3. The van der Waals surface area contributed by atoms with Crippen molar-refractivity contribution in [3.05, 3.63) is 239 Å². The standard InChI is InChI=1S/C32H12BF24.C29H21N2O/c34-25(35,36)13-1-14(26(37,38)39)6-21(5-13)33(22-7-15(27(40,41)42)2-16(8-22)28(43,44)45,23-9-17(29(46,47)48)3-18(10-23)30(49,50)51)24-11-19(31(52,53)54)4-20(12-24)32(55,56)57;1-2-8-21(9-3-1)20-31-15-14-30-19-28(31)32-29-26-13-7-6-12-24(26)17-25-16-22-10-4-5-11-23(22)18-27(25)29/h1-12H;1-19H,20H2/q-1;+1. The first-order chi connectivity index (χ1) is 41.1. The van der Waals surface area contributed by atoms with E-state index in [-0.39, 0.29) is 0 Å². The number of alkyl halides is 24. The Morgan fingerprint density at radius 2 is 0.640 bits per heavy atom. The van der Waals surface area contributed by atoms with Crippen LogP contribution in [0.2, 0.25) is 0 Å². The summed E-state index contributed by atoms with van der Waals surface area (Å²) in [5.41, 5.74) is -29.0. The zero-order chi connectivity index (χ0) is 65.2. The topological polar surface area (TPSA) is 26.0 Å². The number of nitrogens with zero attached hydrogens (tertiary/aromatic N) is 2. The lowest BCUT2D eigenvalue weighted by atomic mass is 9.12. The third kappa shape index (κ3) is 13.8. The van der Waals surface area contributed by atoms with Crippen LogP contribution in [-0.4, -0.2) is 11.1 Å². The first kappa shape index (κ1) is 64.5. The molecule has 10 aromatic rings. The molecular formula is C61H33BF24N2O. The zero-order valence-electron chi connectivity index (χ0n) is 44.1. The van der Waals surface area contributed by atoms with Gasteiger partial charge in [0.25, 0.3) is 0 Å². The molecule has 0 fully saturated rings. The minimum Gasteiger partial charge on any atom is -0.403 e. The minimum atomic E-state index is -6.13. The molecule has 0 unspecified atom stereocenters. The predicted octanol–water partition coefficient (Wildman–Crippen LogP) is 17.9. The fourth-order valence-corrected chi connectivity index (χ4v) is 10.4. The maximum absolute atomic E-state index is 14.2. The molecule has 0 aliphatic heterocycles. The van der Waals surface area contributed by atoms with Crippen LogP contribution >= 0.6 is 0 Å². The largest absolute Gasteiger partial charge is 0.416 e. The first-order valence-electron chi connectivity index (χ1n) is 25.4. The highest BCUT2D eigenvalue weighted by Gasteiger charge is 2.47. The van der Waals surface area contributed by atoms with Gasteiger partial charge in [-0.05, 0) is 64.0 Å². The molecule has 9 aromatic carbocycles. The van der Waals surface area contributed by atoms with Crippen molar-refractivity contribution in [3.63, 3.8) is 0 Å². The van der Waals surface area contributed by atoms with Crippen LogP contribution in [0, 0.1) is 0 Å². The Morgan fingerprint density at radius 3 is 1.00 bits per heavy atom. The summed E-state index contributed by atoms with van der Waals surface area (Å²) in [6.45, 7) is 0.713. The number of hydrogen-bond acceptors (Lipinski definition) is 2. The Balaban J connectivity index is 0.000000245. The second-order valence-electron chi connectivity index (χ2n) is 20.2. The highest BCUT2D eigenvalue weighted by Crippen LogP contribution is 2.43. The quantitative estimate of drug-likeness (QED) is 0.0656. The van der Waals surface area contributed by atoms with E-state index in [1.54, 1.807) is 12.4 Å². The summed E-state index contributed by atoms with van der Waals surface area (Å²) < 4.78 is 350. The maximum Gasteiger partial charge on any atom is 0.416 e. The van der Waals surface area contributed by atoms with Crippen LogP contribution in [0.15, 0.2) is 188 Å². The monoisotopic (exact) mass is 1280 g/mol. The summed E-state index contributed by atoms with van der Waals surface area (Å²) >= 11 is 0. The molecule has 1 aromatic heterocycles. The van der Waals surface area contributed by atoms with Gasteiger partial charge in [-0.15, -0.1) is 0 Å². The van der Waals surface area contributed by atoms with Gasteiger partial charge in [-0.3, -0.25) is 0 Å². The van der Waals surface area contributed by atoms with Gasteiger partial charge in [-0.2, -0.15) is 132 Å². The Bertz CT molecular complexity index is 3830. The highest BCUT2D eigenvalue weighted by atomic mass is 19.4. The van der Waals surface area contributed by atoms with E-state index < -0.39 is 195 Å². The number of rotatable bonds is 8. The van der Waals surface area contributed by atoms with Gasteiger partial charge in [0, 0.05) is 16.3 Å². The van der Waals surface area contributed by atoms with Gasteiger partial charge in [0.15, 0.2) is 12.7 Å². The van der Waals surface area contributed by atoms with Crippen molar-refractivity contribution in [3.8, 4) is 11.6 Å². The average Bonchev–Trinajstić information content (AvgIpc) is 0.717. The zero-order valence-corrected chi connectivity index (χ0v) is 44.1. The Kier molecular flexibility index (Phi) is 16.6. The van der Waals surface area contributed by atoms with Crippen molar-refractivity contribution in [1.29, 1.82) is 0 Å².